The molecule has 138 valence electrons. The minimum atomic E-state index is -0.885. The van der Waals surface area contributed by atoms with Gasteiger partial charge in [-0.2, -0.15) is 5.26 Å². The number of rotatable bonds is 2. The van der Waals surface area contributed by atoms with Gasteiger partial charge in [-0.15, -0.1) is 0 Å². The molecule has 0 aromatic heterocycles. The Kier molecular flexibility index (Phi) is 5.68. The van der Waals surface area contributed by atoms with Crippen LogP contribution in [0.1, 0.15) is 22.7 Å². The summed E-state index contributed by atoms with van der Waals surface area (Å²) in [5.41, 5.74) is 2.26. The van der Waals surface area contributed by atoms with Gasteiger partial charge in [0.05, 0.1) is 18.4 Å². The number of nitriles is 1. The van der Waals surface area contributed by atoms with E-state index in [1.807, 2.05) is 24.3 Å². The van der Waals surface area contributed by atoms with Gasteiger partial charge in [-0.05, 0) is 47.9 Å². The molecule has 27 heavy (non-hydrogen) atoms. The molecule has 0 fully saturated rings. The van der Waals surface area contributed by atoms with E-state index in [1.165, 1.54) is 24.1 Å². The van der Waals surface area contributed by atoms with Crippen LogP contribution in [0, 0.1) is 11.3 Å². The molecule has 2 aromatic rings. The van der Waals surface area contributed by atoms with Crippen LogP contribution in [0.15, 0.2) is 40.9 Å². The van der Waals surface area contributed by atoms with E-state index in [0.29, 0.717) is 29.2 Å². The summed E-state index contributed by atoms with van der Waals surface area (Å²) in [5.74, 6) is -0.446. The molecule has 3 rings (SSSR count). The van der Waals surface area contributed by atoms with Crippen molar-refractivity contribution in [2.75, 3.05) is 19.0 Å². The third-order valence-corrected chi connectivity index (χ3v) is 5.08. The van der Waals surface area contributed by atoms with Gasteiger partial charge < -0.3 is 10.1 Å². The summed E-state index contributed by atoms with van der Waals surface area (Å²) >= 11 is 9.41. The number of hydrogen-bond acceptors (Lipinski definition) is 4. The molecule has 0 unspecified atom stereocenters. The zero-order valence-electron chi connectivity index (χ0n) is 14.3. The highest BCUT2D eigenvalue weighted by atomic mass is 79.9. The fraction of sp³-hybridized carbons (Fsp3) is 0.211. The molecule has 6 nitrogen and oxygen atoms in total. The van der Waals surface area contributed by atoms with Gasteiger partial charge in [-0.1, -0.05) is 33.6 Å². The number of halogens is 2. The molecule has 1 N–H and O–H groups in total. The number of amides is 2. The Morgan fingerprint density at radius 3 is 2.81 bits per heavy atom. The highest BCUT2D eigenvalue weighted by molar-refractivity contribution is 9.10. The number of hydrogen-bond donors (Lipinski definition) is 1. The van der Waals surface area contributed by atoms with E-state index < -0.39 is 18.0 Å². The van der Waals surface area contributed by atoms with Gasteiger partial charge in [0.25, 0.3) is 5.91 Å². The normalized spacial score (nSPS) is 15.5. The monoisotopic (exact) mass is 447 g/mol. The lowest BCUT2D eigenvalue weighted by molar-refractivity contribution is -0.121. The van der Waals surface area contributed by atoms with Crippen LogP contribution in [-0.2, 0) is 16.0 Å². The van der Waals surface area contributed by atoms with E-state index in [1.54, 1.807) is 6.07 Å². The quantitative estimate of drug-likeness (QED) is 0.743. The van der Waals surface area contributed by atoms with Gasteiger partial charge in [0.1, 0.15) is 12.1 Å². The topological polar surface area (TPSA) is 82.4 Å². The van der Waals surface area contributed by atoms with E-state index in [9.17, 15) is 14.9 Å². The van der Waals surface area contributed by atoms with Crippen molar-refractivity contribution in [3.63, 3.8) is 0 Å². The van der Waals surface area contributed by atoms with Crippen LogP contribution in [0.25, 0.3) is 0 Å². The first-order valence-electron chi connectivity index (χ1n) is 8.08. The molecule has 1 aliphatic heterocycles. The van der Waals surface area contributed by atoms with E-state index in [4.69, 9.17) is 16.3 Å². The largest absolute Gasteiger partial charge is 0.453 e. The number of benzene rings is 2. The Hall–Kier alpha value is -2.56. The van der Waals surface area contributed by atoms with Crippen LogP contribution in [0.3, 0.4) is 0 Å². The van der Waals surface area contributed by atoms with Gasteiger partial charge in [0.2, 0.25) is 0 Å². The standard InChI is InChI=1S/C19H15BrClN3O3/c1-27-19(26)24-7-6-11-2-4-13(20)8-15(11)17(24)18(25)23-16-9-14(21)5-3-12(16)10-22/h2-5,8-9,17H,6-7H2,1H3,(H,23,25)/t17-/m1/s1. The highest BCUT2D eigenvalue weighted by Crippen LogP contribution is 2.34. The zero-order chi connectivity index (χ0) is 19.6. The Morgan fingerprint density at radius 2 is 2.11 bits per heavy atom. The summed E-state index contributed by atoms with van der Waals surface area (Å²) in [7, 11) is 1.28. The van der Waals surface area contributed by atoms with Crippen molar-refractivity contribution in [3.05, 3.63) is 62.6 Å². The summed E-state index contributed by atoms with van der Waals surface area (Å²) in [6.45, 7) is 0.347. The first-order chi connectivity index (χ1) is 12.9. The van der Waals surface area contributed by atoms with E-state index >= 15 is 0 Å². The molecule has 2 amide bonds. The third-order valence-electron chi connectivity index (χ3n) is 4.35. The van der Waals surface area contributed by atoms with Crippen LogP contribution in [-0.4, -0.2) is 30.6 Å². The number of carbonyl (C=O) groups is 2. The minimum absolute atomic E-state index is 0.280. The number of carbonyl (C=O) groups excluding carboxylic acids is 2. The fourth-order valence-corrected chi connectivity index (χ4v) is 3.65. The second kappa shape index (κ2) is 7.99. The highest BCUT2D eigenvalue weighted by Gasteiger charge is 2.37. The number of methoxy groups -OCH3 is 1. The molecule has 0 spiro atoms. The maximum Gasteiger partial charge on any atom is 0.410 e. The SMILES string of the molecule is COC(=O)N1CCc2ccc(Br)cc2[C@@H]1C(=O)Nc1cc(Cl)ccc1C#N. The predicted octanol–water partition coefficient (Wildman–Crippen LogP) is 4.28. The number of nitrogens with one attached hydrogen (secondary N) is 1. The predicted molar refractivity (Wildman–Crippen MR) is 104 cm³/mol. The van der Waals surface area contributed by atoms with Gasteiger partial charge in [0, 0.05) is 16.0 Å². The lowest BCUT2D eigenvalue weighted by Gasteiger charge is -2.35. The molecule has 0 bridgehead atoms. The maximum absolute atomic E-state index is 13.1. The third kappa shape index (κ3) is 3.92. The molecular weight excluding hydrogens is 434 g/mol. The van der Waals surface area contributed by atoms with Gasteiger partial charge in [0.15, 0.2) is 0 Å². The molecule has 1 heterocycles. The van der Waals surface area contributed by atoms with Crippen LogP contribution >= 0.6 is 27.5 Å². The second-order valence-electron chi connectivity index (χ2n) is 5.95. The van der Waals surface area contributed by atoms with Crippen molar-refractivity contribution in [2.24, 2.45) is 0 Å². The Bertz CT molecular complexity index is 958. The van der Waals surface area contributed by atoms with E-state index in [0.717, 1.165) is 10.0 Å². The van der Waals surface area contributed by atoms with Crippen LogP contribution < -0.4 is 5.32 Å². The van der Waals surface area contributed by atoms with Crippen molar-refractivity contribution < 1.29 is 14.3 Å². The average molecular weight is 449 g/mol. The first-order valence-corrected chi connectivity index (χ1v) is 9.25. The molecular formula is C19H15BrClN3O3. The molecule has 1 aliphatic rings. The summed E-state index contributed by atoms with van der Waals surface area (Å²) < 4.78 is 5.65. The van der Waals surface area contributed by atoms with Gasteiger partial charge in [-0.25, -0.2) is 4.79 Å². The number of nitrogens with zero attached hydrogens (tertiary/aromatic N) is 2. The molecule has 1 atom stereocenters. The molecule has 8 heteroatoms. The molecule has 0 saturated carbocycles. The van der Waals surface area contributed by atoms with Crippen molar-refractivity contribution in [1.29, 1.82) is 5.26 Å². The van der Waals surface area contributed by atoms with E-state index in [-0.39, 0.29) is 5.56 Å². The second-order valence-corrected chi connectivity index (χ2v) is 7.30. The van der Waals surface area contributed by atoms with Crippen molar-refractivity contribution in [2.45, 2.75) is 12.5 Å². The average Bonchev–Trinajstić information content (AvgIpc) is 2.66. The van der Waals surface area contributed by atoms with Crippen LogP contribution in [0.5, 0.6) is 0 Å². The maximum atomic E-state index is 13.1. The molecule has 0 saturated heterocycles. The number of fused-ring (bicyclic) bond motifs is 1. The van der Waals surface area contributed by atoms with Gasteiger partial charge in [-0.3, -0.25) is 9.69 Å². The molecule has 2 aromatic carbocycles. The summed E-state index contributed by atoms with van der Waals surface area (Å²) in [6.07, 6.45) is 0.0228. The number of ether oxygens (including phenoxy) is 1. The fourth-order valence-electron chi connectivity index (χ4n) is 3.10. The lowest BCUT2D eigenvalue weighted by Crippen LogP contribution is -2.45. The van der Waals surface area contributed by atoms with Crippen molar-refractivity contribution >= 4 is 45.2 Å². The number of anilines is 1. The Labute approximate surface area is 169 Å². The smallest absolute Gasteiger partial charge is 0.410 e. The van der Waals surface area contributed by atoms with E-state index in [2.05, 4.69) is 21.2 Å². The lowest BCUT2D eigenvalue weighted by atomic mass is 9.92. The van der Waals surface area contributed by atoms with Crippen LogP contribution in [0.4, 0.5) is 10.5 Å². The van der Waals surface area contributed by atoms with Crippen LogP contribution in [0.2, 0.25) is 5.02 Å². The van der Waals surface area contributed by atoms with Crippen molar-refractivity contribution in [3.8, 4) is 6.07 Å². The first kappa shape index (κ1) is 19.2. The summed E-state index contributed by atoms with van der Waals surface area (Å²) in [6, 6.07) is 11.4. The summed E-state index contributed by atoms with van der Waals surface area (Å²) in [5, 5.41) is 12.4. The molecule has 0 radical (unpaired) electrons. The van der Waals surface area contributed by atoms with Crippen molar-refractivity contribution in [1.82, 2.24) is 4.90 Å². The Balaban J connectivity index is 2.02. The minimum Gasteiger partial charge on any atom is -0.453 e. The zero-order valence-corrected chi connectivity index (χ0v) is 16.7. The molecule has 0 aliphatic carbocycles. The Morgan fingerprint density at radius 1 is 1.33 bits per heavy atom. The van der Waals surface area contributed by atoms with Gasteiger partial charge >= 0.3 is 6.09 Å². The summed E-state index contributed by atoms with van der Waals surface area (Å²) in [4.78, 5) is 26.7.